The Morgan fingerprint density at radius 2 is 0.250 bits per heavy atom. The molecule has 0 aromatic heterocycles. The molecule has 16 heavy (non-hydrogen) atoms. The summed E-state index contributed by atoms with van der Waals surface area (Å²) in [5.74, 6) is 0. The molecule has 0 unspecified atom stereocenters. The van der Waals surface area contributed by atoms with Crippen LogP contribution in [0.4, 0.5) is 0 Å². The molecule has 0 aliphatic heterocycles. The fraction of sp³-hybridized carbons (Fsp3) is 1.00. The second kappa shape index (κ2) is 527. The van der Waals surface area contributed by atoms with Crippen LogP contribution >= 0.6 is 0 Å². The van der Waals surface area contributed by atoms with Crippen LogP contribution < -0.4 is 0 Å². The molecule has 4 heteroatoms. The van der Waals surface area contributed by atoms with Crippen LogP contribution in [-0.2, 0) is 0 Å². The summed E-state index contributed by atoms with van der Waals surface area (Å²) in [6.07, 6.45) is 0. The van der Waals surface area contributed by atoms with Crippen LogP contribution in [0.3, 0.4) is 0 Å². The quantitative estimate of drug-likeness (QED) is 0.296. The third-order valence-corrected chi connectivity index (χ3v) is 0. The van der Waals surface area contributed by atoms with Gasteiger partial charge < -0.3 is 0 Å². The molecule has 0 heterocycles. The minimum absolute atomic E-state index is 0. The summed E-state index contributed by atoms with van der Waals surface area (Å²) < 4.78 is 0. The Kier molecular flexibility index (Phi) is 7760. The summed E-state index contributed by atoms with van der Waals surface area (Å²) in [6, 6.07) is 0. The maximum absolute atomic E-state index is 2.00. The molecule has 0 saturated heterocycles. The van der Waals surface area contributed by atoms with Crippen molar-refractivity contribution in [3.8, 4) is 0 Å². The molecule has 0 aromatic rings. The van der Waals surface area contributed by atoms with Crippen molar-refractivity contribution in [2.75, 3.05) is 0 Å². The first-order valence-electron chi connectivity index (χ1n) is 2.00. The summed E-state index contributed by atoms with van der Waals surface area (Å²) in [7, 11) is 0. The molecule has 0 nitrogen and oxygen atoms in total. The minimum atomic E-state index is 0. The Balaban J connectivity index is -0.000000000238. The van der Waals surface area contributed by atoms with E-state index in [0.717, 1.165) is 0 Å². The van der Waals surface area contributed by atoms with Gasteiger partial charge in [-0.3, -0.25) is 0 Å². The van der Waals surface area contributed by atoms with E-state index >= 15 is 0 Å². The van der Waals surface area contributed by atoms with Crippen LogP contribution in [0, 0.1) is 0 Å². The van der Waals surface area contributed by atoms with E-state index in [0.29, 0.717) is 0 Å². The molecule has 108 valence electrons. The van der Waals surface area contributed by atoms with Gasteiger partial charge in [-0.25, -0.2) is 0 Å². The van der Waals surface area contributed by atoms with Gasteiger partial charge in [-0.2, -0.15) is 0 Å². The van der Waals surface area contributed by atoms with Crippen LogP contribution in [0.25, 0.3) is 0 Å². The van der Waals surface area contributed by atoms with Gasteiger partial charge in [-0.1, -0.05) is 87.1 Å². The topological polar surface area (TPSA) is 0 Å². The predicted molar refractivity (Wildman–Crippen MR) is 99.6 cm³/mol. The predicted octanol–water partition coefficient (Wildman–Crippen LogP) is 5.62. The van der Waals surface area contributed by atoms with Crippen LogP contribution in [-0.4, -0.2) is 95.6 Å². The largest absolute Gasteiger partial charge is 0.0776 e. The first kappa shape index (κ1) is 235. The third-order valence-electron chi connectivity index (χ3n) is 0. The van der Waals surface area contributed by atoms with Crippen molar-refractivity contribution in [3.05, 3.63) is 0 Å². The fourth-order valence-electron chi connectivity index (χ4n) is 0. The molecule has 0 aliphatic rings. The Labute approximate surface area is 180 Å². The molecule has 0 aliphatic carbocycles. The van der Waals surface area contributed by atoms with Crippen molar-refractivity contribution in [2.45, 2.75) is 87.1 Å². The van der Waals surface area contributed by atoms with Crippen LogP contribution in [0.5, 0.6) is 0 Å². The van der Waals surface area contributed by atoms with E-state index in [1.807, 2.05) is 27.7 Å². The molecule has 0 aromatic carbocycles. The second-order valence-electron chi connectivity index (χ2n) is 0. The molecule has 16 radical (unpaired) electrons. The Hall–Kier alpha value is 3.19. The van der Waals surface area contributed by atoms with E-state index < -0.39 is 0 Å². The summed E-state index contributed by atoms with van der Waals surface area (Å²) in [5, 5.41) is 0. The van der Waals surface area contributed by atoms with Crippen molar-refractivity contribution < 1.29 is 0 Å². The molecule has 0 fully saturated rings. The van der Waals surface area contributed by atoms with E-state index in [-0.39, 0.29) is 155 Å². The van der Waals surface area contributed by atoms with Crippen molar-refractivity contribution in [1.82, 2.24) is 0 Å². The van der Waals surface area contributed by atoms with Crippen LogP contribution in [0.15, 0.2) is 0 Å². The number of hydrogen-bond acceptors (Lipinski definition) is 0. The SMILES string of the molecule is C.C.C.C.C.C.C.C.CC.CC.[Sn].[Sn].[Sn].[Sn]. The molecule has 0 atom stereocenters. The Morgan fingerprint density at radius 1 is 0.250 bits per heavy atom. The molecule has 0 spiro atoms. The molecular formula is C12H44Sn4. The average Bonchev–Trinajstić information content (AvgIpc) is 1.50. The van der Waals surface area contributed by atoms with Crippen LogP contribution in [0.1, 0.15) is 87.1 Å². The van der Waals surface area contributed by atoms with Gasteiger partial charge in [0.15, 0.2) is 0 Å². The smallest absolute Gasteiger partial charge is 0 e. The van der Waals surface area contributed by atoms with E-state index in [2.05, 4.69) is 0 Å². The van der Waals surface area contributed by atoms with Crippen molar-refractivity contribution in [1.29, 1.82) is 0 Å². The average molecular weight is 663 g/mol. The fourth-order valence-corrected chi connectivity index (χ4v) is 0. The van der Waals surface area contributed by atoms with Gasteiger partial charge >= 0.3 is 0 Å². The first-order valence-corrected chi connectivity index (χ1v) is 2.00. The van der Waals surface area contributed by atoms with Gasteiger partial charge in [0, 0.05) is 95.6 Å². The summed E-state index contributed by atoms with van der Waals surface area (Å²) >= 11 is 0. The zero-order valence-corrected chi connectivity index (χ0v) is 17.4. The van der Waals surface area contributed by atoms with E-state index in [1.165, 1.54) is 0 Å². The normalized spacial score (nSPS) is 0.750. The maximum Gasteiger partial charge on any atom is 0 e. The van der Waals surface area contributed by atoms with Crippen molar-refractivity contribution >= 4 is 95.6 Å². The zero-order chi connectivity index (χ0) is 4.00. The van der Waals surface area contributed by atoms with E-state index in [9.17, 15) is 0 Å². The first-order chi connectivity index (χ1) is 2.00. The molecule has 0 N–H and O–H groups in total. The Bertz CT molecular complexity index is 13.0. The van der Waals surface area contributed by atoms with Gasteiger partial charge in [0.25, 0.3) is 0 Å². The second-order valence-corrected chi connectivity index (χ2v) is 0. The van der Waals surface area contributed by atoms with E-state index in [4.69, 9.17) is 0 Å². The summed E-state index contributed by atoms with van der Waals surface area (Å²) in [6.45, 7) is 8.00. The van der Waals surface area contributed by atoms with Gasteiger partial charge in [0.2, 0.25) is 0 Å². The van der Waals surface area contributed by atoms with Crippen molar-refractivity contribution in [2.24, 2.45) is 0 Å². The molecule has 0 saturated carbocycles. The molecule has 0 bridgehead atoms. The number of hydrogen-bond donors (Lipinski definition) is 0. The molecule has 0 amide bonds. The zero-order valence-electron chi connectivity index (χ0n) is 6.00. The van der Waals surface area contributed by atoms with Crippen LogP contribution in [0.2, 0.25) is 0 Å². The van der Waals surface area contributed by atoms with Gasteiger partial charge in [0.1, 0.15) is 0 Å². The maximum atomic E-state index is 2.00. The minimum Gasteiger partial charge on any atom is -0.0776 e. The standard InChI is InChI=1S/2C2H6.8CH4.4Sn/c2*1-2;;;;;;;;;;;;/h2*1-2H3;8*1H4;;;;. The third kappa shape index (κ3) is 442. The molecule has 0 rings (SSSR count). The Morgan fingerprint density at radius 3 is 0.250 bits per heavy atom. The van der Waals surface area contributed by atoms with Gasteiger partial charge in [-0.15, -0.1) is 0 Å². The van der Waals surface area contributed by atoms with Gasteiger partial charge in [0.05, 0.1) is 0 Å². The van der Waals surface area contributed by atoms with Crippen molar-refractivity contribution in [3.63, 3.8) is 0 Å². The monoisotopic (exact) mass is 668 g/mol. The van der Waals surface area contributed by atoms with E-state index in [1.54, 1.807) is 0 Å². The summed E-state index contributed by atoms with van der Waals surface area (Å²) in [4.78, 5) is 0. The number of rotatable bonds is 0. The summed E-state index contributed by atoms with van der Waals surface area (Å²) in [5.41, 5.74) is 0. The van der Waals surface area contributed by atoms with Gasteiger partial charge in [-0.05, 0) is 0 Å². The molecular weight excluding hydrogens is 619 g/mol.